The topological polar surface area (TPSA) is 102 Å². The van der Waals surface area contributed by atoms with Crippen molar-refractivity contribution in [1.82, 2.24) is 4.31 Å². The second-order valence-electron chi connectivity index (χ2n) is 6.62. The van der Waals surface area contributed by atoms with E-state index in [0.717, 1.165) is 0 Å². The molecule has 1 N–H and O–H groups in total. The number of nitrogens with one attached hydrogen (secondary N) is 1. The Morgan fingerprint density at radius 1 is 1.03 bits per heavy atom. The molecule has 0 aliphatic carbocycles. The second kappa shape index (κ2) is 10.9. The van der Waals surface area contributed by atoms with Crippen molar-refractivity contribution in [3.63, 3.8) is 0 Å². The summed E-state index contributed by atoms with van der Waals surface area (Å²) in [6.45, 7) is 7.61. The van der Waals surface area contributed by atoms with Crippen LogP contribution in [0.4, 0.5) is 5.69 Å². The minimum atomic E-state index is -3.67. The van der Waals surface area contributed by atoms with Crippen molar-refractivity contribution in [3.05, 3.63) is 53.6 Å². The summed E-state index contributed by atoms with van der Waals surface area (Å²) >= 11 is 0. The fourth-order valence-corrected chi connectivity index (χ4v) is 4.41. The average Bonchev–Trinajstić information content (AvgIpc) is 2.74. The Bertz CT molecular complexity index is 1030. The highest BCUT2D eigenvalue weighted by atomic mass is 32.2. The number of carbonyl (C=O) groups is 2. The number of sulfonamides is 1. The molecule has 2 aromatic rings. The van der Waals surface area contributed by atoms with Gasteiger partial charge in [0.25, 0.3) is 5.91 Å². The minimum Gasteiger partial charge on any atom is -0.493 e. The zero-order chi connectivity index (χ0) is 23.0. The lowest BCUT2D eigenvalue weighted by Crippen LogP contribution is -2.30. The number of rotatable bonds is 10. The van der Waals surface area contributed by atoms with E-state index in [1.54, 1.807) is 58.0 Å². The standard InChI is InChI=1S/C22H28N2O6S/c1-5-24(6-2)31(27,28)17-13-12-16(4)19(14-17)23-21(25)15-30-22(26)18-10-8-9-11-20(18)29-7-3/h8-14H,5-7,15H2,1-4H3,(H,23,25). The molecule has 0 heterocycles. The molecule has 31 heavy (non-hydrogen) atoms. The third-order valence-electron chi connectivity index (χ3n) is 4.57. The molecule has 0 atom stereocenters. The monoisotopic (exact) mass is 448 g/mol. The van der Waals surface area contributed by atoms with Crippen molar-refractivity contribution in [2.75, 3.05) is 31.6 Å². The summed E-state index contributed by atoms with van der Waals surface area (Å²) in [7, 11) is -3.67. The van der Waals surface area contributed by atoms with Crippen LogP contribution in [0.1, 0.15) is 36.7 Å². The number of aryl methyl sites for hydroxylation is 1. The van der Waals surface area contributed by atoms with E-state index in [0.29, 0.717) is 36.7 Å². The lowest BCUT2D eigenvalue weighted by Gasteiger charge is -2.19. The van der Waals surface area contributed by atoms with E-state index < -0.39 is 28.5 Å². The van der Waals surface area contributed by atoms with E-state index in [-0.39, 0.29) is 10.5 Å². The molecule has 0 aliphatic rings. The molecule has 0 radical (unpaired) electrons. The first-order chi connectivity index (χ1) is 14.7. The Labute approximate surface area is 183 Å². The molecule has 9 heteroatoms. The van der Waals surface area contributed by atoms with Crippen LogP contribution in [-0.2, 0) is 19.6 Å². The lowest BCUT2D eigenvalue weighted by molar-refractivity contribution is -0.119. The van der Waals surface area contributed by atoms with Gasteiger partial charge < -0.3 is 14.8 Å². The van der Waals surface area contributed by atoms with E-state index in [2.05, 4.69) is 5.32 Å². The van der Waals surface area contributed by atoms with Crippen molar-refractivity contribution in [1.29, 1.82) is 0 Å². The third kappa shape index (κ3) is 6.05. The minimum absolute atomic E-state index is 0.0831. The summed E-state index contributed by atoms with van der Waals surface area (Å²) in [5.41, 5.74) is 1.24. The van der Waals surface area contributed by atoms with E-state index in [9.17, 15) is 18.0 Å². The molecule has 0 saturated heterocycles. The van der Waals surface area contributed by atoms with E-state index in [1.807, 2.05) is 0 Å². The van der Waals surface area contributed by atoms with Crippen molar-refractivity contribution in [3.8, 4) is 5.75 Å². The van der Waals surface area contributed by atoms with E-state index in [1.165, 1.54) is 16.4 Å². The van der Waals surface area contributed by atoms with Crippen LogP contribution < -0.4 is 10.1 Å². The number of carbonyl (C=O) groups excluding carboxylic acids is 2. The Morgan fingerprint density at radius 3 is 2.35 bits per heavy atom. The number of anilines is 1. The molecular weight excluding hydrogens is 420 g/mol. The van der Waals surface area contributed by atoms with Gasteiger partial charge in [0.05, 0.1) is 11.5 Å². The third-order valence-corrected chi connectivity index (χ3v) is 6.61. The average molecular weight is 449 g/mol. The Kier molecular flexibility index (Phi) is 8.58. The zero-order valence-corrected chi connectivity index (χ0v) is 19.0. The molecule has 0 bridgehead atoms. The van der Waals surface area contributed by atoms with Crippen LogP contribution in [0.3, 0.4) is 0 Å². The fourth-order valence-electron chi connectivity index (χ4n) is 2.92. The summed E-state index contributed by atoms with van der Waals surface area (Å²) < 4.78 is 37.3. The highest BCUT2D eigenvalue weighted by molar-refractivity contribution is 7.89. The molecular formula is C22H28N2O6S. The SMILES string of the molecule is CCOc1ccccc1C(=O)OCC(=O)Nc1cc(S(=O)(=O)N(CC)CC)ccc1C. The van der Waals surface area contributed by atoms with Gasteiger partial charge in [-0.3, -0.25) is 4.79 Å². The molecule has 8 nitrogen and oxygen atoms in total. The molecule has 2 rings (SSSR count). The second-order valence-corrected chi connectivity index (χ2v) is 8.56. The predicted octanol–water partition coefficient (Wildman–Crippen LogP) is 3.22. The van der Waals surface area contributed by atoms with Gasteiger partial charge in [0, 0.05) is 18.8 Å². The smallest absolute Gasteiger partial charge is 0.342 e. The number of ether oxygens (including phenoxy) is 2. The number of amides is 1. The van der Waals surface area contributed by atoms with Gasteiger partial charge in [0.1, 0.15) is 11.3 Å². The molecule has 0 unspecified atom stereocenters. The van der Waals surface area contributed by atoms with Crippen LogP contribution in [0.2, 0.25) is 0 Å². The zero-order valence-electron chi connectivity index (χ0n) is 18.2. The van der Waals surface area contributed by atoms with E-state index in [4.69, 9.17) is 9.47 Å². The van der Waals surface area contributed by atoms with E-state index >= 15 is 0 Å². The van der Waals surface area contributed by atoms with Crippen LogP contribution in [0, 0.1) is 6.92 Å². The maximum atomic E-state index is 12.7. The molecule has 0 fully saturated rings. The quantitative estimate of drug-likeness (QED) is 0.560. The van der Waals surface area contributed by atoms with Gasteiger partial charge in [-0.25, -0.2) is 13.2 Å². The van der Waals surface area contributed by atoms with Gasteiger partial charge in [-0.2, -0.15) is 4.31 Å². The maximum absolute atomic E-state index is 12.7. The first-order valence-electron chi connectivity index (χ1n) is 10.0. The fraction of sp³-hybridized carbons (Fsp3) is 0.364. The summed E-state index contributed by atoms with van der Waals surface area (Å²) in [5, 5.41) is 2.61. The number of esters is 1. The first-order valence-corrected chi connectivity index (χ1v) is 11.5. The number of hydrogen-bond donors (Lipinski definition) is 1. The van der Waals surface area contributed by atoms with Crippen molar-refractivity contribution < 1.29 is 27.5 Å². The molecule has 2 aromatic carbocycles. The Balaban J connectivity index is 2.10. The molecule has 1 amide bonds. The maximum Gasteiger partial charge on any atom is 0.342 e. The van der Waals surface area contributed by atoms with Crippen molar-refractivity contribution in [2.45, 2.75) is 32.6 Å². The molecule has 0 aliphatic heterocycles. The van der Waals surface area contributed by atoms with Crippen LogP contribution in [0.15, 0.2) is 47.4 Å². The lowest BCUT2D eigenvalue weighted by atomic mass is 10.2. The predicted molar refractivity (Wildman–Crippen MR) is 118 cm³/mol. The van der Waals surface area contributed by atoms with Gasteiger partial charge in [-0.05, 0) is 43.7 Å². The van der Waals surface area contributed by atoms with Gasteiger partial charge in [-0.1, -0.05) is 32.0 Å². The highest BCUT2D eigenvalue weighted by Crippen LogP contribution is 2.23. The Hall–Kier alpha value is -2.91. The molecule has 0 spiro atoms. The summed E-state index contributed by atoms with van der Waals surface area (Å²) in [5.74, 6) is -0.892. The van der Waals surface area contributed by atoms with Gasteiger partial charge in [-0.15, -0.1) is 0 Å². The largest absolute Gasteiger partial charge is 0.493 e. The highest BCUT2D eigenvalue weighted by Gasteiger charge is 2.23. The number of benzene rings is 2. The van der Waals surface area contributed by atoms with Crippen molar-refractivity contribution >= 4 is 27.6 Å². The number of para-hydroxylation sites is 1. The summed E-state index contributed by atoms with van der Waals surface area (Å²) in [6.07, 6.45) is 0. The normalized spacial score (nSPS) is 11.3. The van der Waals surface area contributed by atoms with Gasteiger partial charge in [0.2, 0.25) is 10.0 Å². The first kappa shape index (κ1) is 24.4. The number of hydrogen-bond acceptors (Lipinski definition) is 6. The summed E-state index contributed by atoms with van der Waals surface area (Å²) in [4.78, 5) is 24.7. The van der Waals surface area contributed by atoms with Gasteiger partial charge >= 0.3 is 5.97 Å². The number of nitrogens with zero attached hydrogens (tertiary/aromatic N) is 1. The van der Waals surface area contributed by atoms with Crippen LogP contribution in [-0.4, -0.2) is 50.9 Å². The molecule has 0 aromatic heterocycles. The van der Waals surface area contributed by atoms with Crippen LogP contribution in [0.5, 0.6) is 5.75 Å². The van der Waals surface area contributed by atoms with Gasteiger partial charge in [0.15, 0.2) is 6.61 Å². The Morgan fingerprint density at radius 2 is 1.71 bits per heavy atom. The molecule has 168 valence electrons. The molecule has 0 saturated carbocycles. The van der Waals surface area contributed by atoms with Crippen molar-refractivity contribution in [2.24, 2.45) is 0 Å². The van der Waals surface area contributed by atoms with Crippen LogP contribution in [0.25, 0.3) is 0 Å². The summed E-state index contributed by atoms with van der Waals surface area (Å²) in [6, 6.07) is 11.1. The van der Waals surface area contributed by atoms with Crippen LogP contribution >= 0.6 is 0 Å².